The van der Waals surface area contributed by atoms with E-state index in [9.17, 15) is 9.00 Å². The van der Waals surface area contributed by atoms with Crippen molar-refractivity contribution in [1.82, 2.24) is 15.1 Å². The first-order valence-electron chi connectivity index (χ1n) is 10.8. The molecule has 4 N–H and O–H groups in total. The largest absolute Gasteiger partial charge is 0.475 e. The Labute approximate surface area is 182 Å². The van der Waals surface area contributed by atoms with Crippen molar-refractivity contribution in [3.63, 3.8) is 0 Å². The summed E-state index contributed by atoms with van der Waals surface area (Å²) in [5, 5.41) is 16.3. The smallest absolute Gasteiger partial charge is 0.354 e. The van der Waals surface area contributed by atoms with Gasteiger partial charge in [0.1, 0.15) is 11.5 Å². The Balaban J connectivity index is 1.47. The second-order valence-electron chi connectivity index (χ2n) is 8.64. The molecule has 0 unspecified atom stereocenters. The Hall–Kier alpha value is -2.43. The number of aromatic nitrogens is 2. The monoisotopic (exact) mass is 444 g/mol. The molecule has 0 saturated heterocycles. The summed E-state index contributed by atoms with van der Waals surface area (Å²) < 4.78 is 24.4. The van der Waals surface area contributed by atoms with Gasteiger partial charge in [0.2, 0.25) is 5.88 Å². The van der Waals surface area contributed by atoms with E-state index in [1.807, 2.05) is 7.05 Å². The fraction of sp³-hybridized carbons (Fsp3) is 0.524. The average molecular weight is 445 g/mol. The van der Waals surface area contributed by atoms with Crippen LogP contribution < -0.4 is 20.5 Å². The van der Waals surface area contributed by atoms with Crippen molar-refractivity contribution in [2.75, 3.05) is 19.0 Å². The number of fused-ring (bicyclic) bond motifs is 3. The maximum absolute atomic E-state index is 13.2. The average Bonchev–Trinajstić information content (AvgIpc) is 3.45. The Kier molecular flexibility index (Phi) is 5.03. The van der Waals surface area contributed by atoms with Gasteiger partial charge in [0.05, 0.1) is 18.8 Å². The number of aryl methyl sites for hydroxylation is 2. The fourth-order valence-electron chi connectivity index (χ4n) is 5.00. The van der Waals surface area contributed by atoms with Gasteiger partial charge in [0.25, 0.3) is 0 Å². The first-order valence-corrected chi connectivity index (χ1v) is 12.3. The van der Waals surface area contributed by atoms with Crippen LogP contribution in [0.1, 0.15) is 47.9 Å². The number of carbonyl (C=O) groups excluding carboxylic acids is 1. The molecular weight excluding hydrogens is 416 g/mol. The van der Waals surface area contributed by atoms with Crippen LogP contribution in [0, 0.1) is 0 Å². The number of carbonyl (C=O) groups is 1. The Morgan fingerprint density at radius 1 is 1.35 bits per heavy atom. The number of nitrogens with zero attached hydrogens (tertiary/aromatic N) is 3. The number of nitrogens with two attached hydrogens (primary N) is 1. The van der Waals surface area contributed by atoms with Crippen molar-refractivity contribution in [1.29, 1.82) is 0 Å². The molecule has 2 heterocycles. The summed E-state index contributed by atoms with van der Waals surface area (Å²) in [5.41, 5.74) is 5.83. The van der Waals surface area contributed by atoms with Gasteiger partial charge < -0.3 is 15.4 Å². The Bertz CT molecular complexity index is 1180. The van der Waals surface area contributed by atoms with Crippen LogP contribution >= 0.6 is 0 Å². The summed E-state index contributed by atoms with van der Waals surface area (Å²) in [6, 6.07) is 1.70. The Morgan fingerprint density at radius 2 is 2.19 bits per heavy atom. The predicted molar refractivity (Wildman–Crippen MR) is 118 cm³/mol. The molecule has 0 fully saturated rings. The molecular formula is C21H28N6O3S. The second kappa shape index (κ2) is 7.61. The number of urea groups is 1. The van der Waals surface area contributed by atoms with Gasteiger partial charge in [0, 0.05) is 5.69 Å². The SMILES string of the molecule is CN[C@@H]1COc2c([S@](N)(=O)=NC(=O)Nc3c4c(cc5c3[C@H](C)CC5)CCC4)cnn2C1. The highest BCUT2D eigenvalue weighted by Crippen LogP contribution is 2.44. The fourth-order valence-corrected chi connectivity index (χ4v) is 6.01. The minimum absolute atomic E-state index is 0.0959. The highest BCUT2D eigenvalue weighted by Gasteiger charge is 2.30. The van der Waals surface area contributed by atoms with E-state index < -0.39 is 15.9 Å². The molecule has 0 saturated carbocycles. The lowest BCUT2D eigenvalue weighted by Gasteiger charge is -2.24. The predicted octanol–water partition coefficient (Wildman–Crippen LogP) is 2.33. The number of likely N-dealkylation sites (N-methyl/N-ethyl adjacent to an activating group) is 1. The molecule has 0 radical (unpaired) electrons. The molecule has 0 bridgehead atoms. The molecule has 2 aliphatic carbocycles. The van der Waals surface area contributed by atoms with E-state index in [2.05, 4.69) is 33.1 Å². The molecule has 1 aromatic heterocycles. The van der Waals surface area contributed by atoms with Crippen molar-refractivity contribution in [2.24, 2.45) is 9.50 Å². The van der Waals surface area contributed by atoms with Gasteiger partial charge in [-0.15, -0.1) is 4.36 Å². The van der Waals surface area contributed by atoms with Gasteiger partial charge in [0.15, 0.2) is 9.92 Å². The van der Waals surface area contributed by atoms with E-state index in [4.69, 9.17) is 9.88 Å². The number of nitrogens with one attached hydrogen (secondary N) is 2. The van der Waals surface area contributed by atoms with E-state index in [1.54, 1.807) is 4.68 Å². The van der Waals surface area contributed by atoms with E-state index in [0.29, 0.717) is 24.9 Å². The number of ether oxygens (including phenoxy) is 1. The first-order chi connectivity index (χ1) is 14.9. The zero-order chi connectivity index (χ0) is 21.8. The summed E-state index contributed by atoms with van der Waals surface area (Å²) in [7, 11) is -1.67. The van der Waals surface area contributed by atoms with Crippen molar-refractivity contribution in [3.8, 4) is 5.88 Å². The maximum Gasteiger partial charge on any atom is 0.354 e. The van der Waals surface area contributed by atoms with E-state index in [1.165, 1.54) is 28.5 Å². The minimum Gasteiger partial charge on any atom is -0.475 e. The summed E-state index contributed by atoms with van der Waals surface area (Å²) in [5.74, 6) is 0.681. The van der Waals surface area contributed by atoms with Gasteiger partial charge in [-0.1, -0.05) is 13.0 Å². The number of rotatable bonds is 3. The molecule has 10 heteroatoms. The molecule has 3 atom stereocenters. The van der Waals surface area contributed by atoms with Gasteiger partial charge in [-0.25, -0.2) is 18.8 Å². The standard InChI is InChI=1S/C21H28N6O3S/c1-12-6-7-14-8-13-4-3-5-16(13)19(18(12)14)25-21(28)26-31(22,29)17-9-24-27-10-15(23-2)11-30-20(17)27/h8-9,12,15,23H,3-7,10-11H2,1-2H3,(H3,22,25,26,28,29)/t12-,15+,31-/m1/s1. The third-order valence-corrected chi connectivity index (χ3v) is 7.96. The van der Waals surface area contributed by atoms with Crippen molar-refractivity contribution < 1.29 is 13.7 Å². The zero-order valence-corrected chi connectivity index (χ0v) is 18.6. The molecule has 31 heavy (non-hydrogen) atoms. The summed E-state index contributed by atoms with van der Waals surface area (Å²) >= 11 is 0. The number of anilines is 1. The molecule has 9 nitrogen and oxygen atoms in total. The normalized spacial score (nSPS) is 23.3. The van der Waals surface area contributed by atoms with Crippen LogP contribution in [0.5, 0.6) is 5.88 Å². The van der Waals surface area contributed by atoms with Crippen molar-refractivity contribution in [2.45, 2.75) is 62.4 Å². The summed E-state index contributed by atoms with van der Waals surface area (Å²) in [6.45, 7) is 3.14. The Morgan fingerprint density at radius 3 is 3.00 bits per heavy atom. The van der Waals surface area contributed by atoms with Crippen molar-refractivity contribution in [3.05, 3.63) is 34.5 Å². The van der Waals surface area contributed by atoms with Gasteiger partial charge in [-0.2, -0.15) is 5.10 Å². The lowest BCUT2D eigenvalue weighted by molar-refractivity contribution is 0.184. The van der Waals surface area contributed by atoms with E-state index in [-0.39, 0.29) is 10.9 Å². The van der Waals surface area contributed by atoms with Gasteiger partial charge in [-0.05, 0) is 67.3 Å². The maximum atomic E-state index is 13.2. The van der Waals surface area contributed by atoms with Crippen LogP contribution in [-0.4, -0.2) is 39.7 Å². The lowest BCUT2D eigenvalue weighted by Crippen LogP contribution is -2.40. The lowest BCUT2D eigenvalue weighted by atomic mass is 9.95. The van der Waals surface area contributed by atoms with Crippen LogP contribution in [-0.2, 0) is 35.7 Å². The molecule has 1 aromatic carbocycles. The van der Waals surface area contributed by atoms with Crippen LogP contribution in [0.15, 0.2) is 21.5 Å². The highest BCUT2D eigenvalue weighted by atomic mass is 32.2. The second-order valence-corrected chi connectivity index (χ2v) is 10.4. The summed E-state index contributed by atoms with van der Waals surface area (Å²) in [4.78, 5) is 13.0. The highest BCUT2D eigenvalue weighted by molar-refractivity contribution is 7.91. The van der Waals surface area contributed by atoms with Gasteiger partial charge in [-0.3, -0.25) is 0 Å². The number of amides is 2. The van der Waals surface area contributed by atoms with Crippen LogP contribution in [0.2, 0.25) is 0 Å². The van der Waals surface area contributed by atoms with Gasteiger partial charge >= 0.3 is 6.03 Å². The first kappa shape index (κ1) is 20.5. The number of hydrogen-bond acceptors (Lipinski definition) is 5. The molecule has 0 spiro atoms. The van der Waals surface area contributed by atoms with E-state index >= 15 is 0 Å². The molecule has 3 aliphatic rings. The quantitative estimate of drug-likeness (QED) is 0.670. The van der Waals surface area contributed by atoms with Crippen molar-refractivity contribution >= 4 is 21.6 Å². The molecule has 166 valence electrons. The van der Waals surface area contributed by atoms with Crippen LogP contribution in [0.3, 0.4) is 0 Å². The molecule has 2 aromatic rings. The molecule has 5 rings (SSSR count). The minimum atomic E-state index is -3.51. The van der Waals surface area contributed by atoms with E-state index in [0.717, 1.165) is 37.8 Å². The molecule has 2 amide bonds. The van der Waals surface area contributed by atoms with Crippen LogP contribution in [0.4, 0.5) is 10.5 Å². The number of benzene rings is 1. The third-order valence-electron chi connectivity index (χ3n) is 6.61. The number of hydrogen-bond donors (Lipinski definition) is 3. The third kappa shape index (κ3) is 3.52. The topological polar surface area (TPSA) is 124 Å². The van der Waals surface area contributed by atoms with Crippen LogP contribution in [0.25, 0.3) is 0 Å². The zero-order valence-electron chi connectivity index (χ0n) is 17.8. The summed E-state index contributed by atoms with van der Waals surface area (Å²) in [6.07, 6.45) is 6.50. The molecule has 1 aliphatic heterocycles.